The second kappa shape index (κ2) is 4.20. The Kier molecular flexibility index (Phi) is 2.75. The topological polar surface area (TPSA) is 8.17 Å². The lowest BCUT2D eigenvalue weighted by molar-refractivity contribution is 0.258. The second-order valence-electron chi connectivity index (χ2n) is 5.76. The number of benzene rings is 1. The second-order valence-corrected chi connectivity index (χ2v) is 5.76. The third-order valence-corrected chi connectivity index (χ3v) is 4.07. The molecule has 0 spiro atoms. The van der Waals surface area contributed by atoms with E-state index in [9.17, 15) is 4.39 Å². The van der Waals surface area contributed by atoms with Gasteiger partial charge in [-0.15, -0.1) is 0 Å². The molecule has 0 saturated carbocycles. The van der Waals surface area contributed by atoms with Gasteiger partial charge in [-0.25, -0.2) is 4.39 Å². The van der Waals surface area contributed by atoms with Gasteiger partial charge in [0.1, 0.15) is 5.82 Å². The van der Waals surface area contributed by atoms with Gasteiger partial charge in [0, 0.05) is 29.7 Å². The van der Waals surface area contributed by atoms with Crippen molar-refractivity contribution in [2.75, 3.05) is 14.1 Å². The van der Waals surface area contributed by atoms with Gasteiger partial charge in [-0.3, -0.25) is 0 Å². The molecule has 0 unspecified atom stereocenters. The fraction of sp³-hybridized carbons (Fsp3) is 0.375. The standard InChI is InChI=1S/C16H19FN2/c1-10(2)15-9-19-8-13(18(3)4)6-11-5-12(17)7-14(15)16(11)19/h5,7,9,13H,1,6,8H2,2-4H3/t13-/m0/s1. The molecule has 1 aromatic heterocycles. The van der Waals surface area contributed by atoms with Gasteiger partial charge in [-0.05, 0) is 50.7 Å². The first-order chi connectivity index (χ1) is 8.97. The fourth-order valence-electron chi connectivity index (χ4n) is 3.02. The molecule has 1 aliphatic rings. The SMILES string of the molecule is C=C(C)c1cn2c3c(cc(F)cc13)C[C@H](N(C)C)C2. The molecule has 2 aromatic rings. The van der Waals surface area contributed by atoms with Gasteiger partial charge in [0.25, 0.3) is 0 Å². The number of hydrogen-bond acceptors (Lipinski definition) is 1. The first kappa shape index (κ1) is 12.4. The molecule has 2 nitrogen and oxygen atoms in total. The molecule has 2 heterocycles. The van der Waals surface area contributed by atoms with Crippen molar-refractivity contribution in [3.05, 3.63) is 41.9 Å². The Morgan fingerprint density at radius 2 is 2.16 bits per heavy atom. The molecule has 1 aliphatic heterocycles. The average molecular weight is 258 g/mol. The first-order valence-electron chi connectivity index (χ1n) is 6.61. The van der Waals surface area contributed by atoms with Crippen molar-refractivity contribution < 1.29 is 4.39 Å². The summed E-state index contributed by atoms with van der Waals surface area (Å²) in [5.74, 6) is -0.151. The molecule has 1 aromatic carbocycles. The Balaban J connectivity index is 2.26. The molecule has 19 heavy (non-hydrogen) atoms. The number of likely N-dealkylation sites (N-methyl/N-ethyl adjacent to an activating group) is 1. The van der Waals surface area contributed by atoms with E-state index in [1.54, 1.807) is 12.1 Å². The monoisotopic (exact) mass is 258 g/mol. The van der Waals surface area contributed by atoms with Crippen LogP contribution in [-0.4, -0.2) is 29.6 Å². The Labute approximate surface area is 113 Å². The van der Waals surface area contributed by atoms with Crippen molar-refractivity contribution in [2.24, 2.45) is 0 Å². The van der Waals surface area contributed by atoms with Crippen molar-refractivity contribution in [3.63, 3.8) is 0 Å². The van der Waals surface area contributed by atoms with E-state index in [2.05, 4.69) is 36.3 Å². The summed E-state index contributed by atoms with van der Waals surface area (Å²) in [6, 6.07) is 3.73. The van der Waals surface area contributed by atoms with E-state index < -0.39 is 0 Å². The van der Waals surface area contributed by atoms with E-state index in [1.165, 1.54) is 5.52 Å². The van der Waals surface area contributed by atoms with Crippen molar-refractivity contribution in [3.8, 4) is 0 Å². The zero-order valence-electron chi connectivity index (χ0n) is 11.7. The molecule has 0 saturated heterocycles. The van der Waals surface area contributed by atoms with Gasteiger partial charge in [0.05, 0.1) is 5.52 Å². The van der Waals surface area contributed by atoms with Gasteiger partial charge in [0.15, 0.2) is 0 Å². The Hall–Kier alpha value is -1.61. The normalized spacial score (nSPS) is 18.3. The lowest BCUT2D eigenvalue weighted by Gasteiger charge is -2.29. The molecule has 0 N–H and O–H groups in total. The average Bonchev–Trinajstić information content (AvgIpc) is 2.68. The summed E-state index contributed by atoms with van der Waals surface area (Å²) in [6.45, 7) is 6.94. The summed E-state index contributed by atoms with van der Waals surface area (Å²) < 4.78 is 16.1. The summed E-state index contributed by atoms with van der Waals surface area (Å²) in [5, 5.41) is 1.000. The number of allylic oxidation sites excluding steroid dienone is 1. The number of hydrogen-bond donors (Lipinski definition) is 0. The maximum Gasteiger partial charge on any atom is 0.124 e. The third-order valence-electron chi connectivity index (χ3n) is 4.07. The van der Waals surface area contributed by atoms with Crippen LogP contribution in [0.3, 0.4) is 0 Å². The molecule has 0 bridgehead atoms. The van der Waals surface area contributed by atoms with Crippen molar-refractivity contribution in [1.82, 2.24) is 9.47 Å². The number of nitrogens with zero attached hydrogens (tertiary/aromatic N) is 2. The highest BCUT2D eigenvalue weighted by molar-refractivity contribution is 5.94. The molecule has 100 valence electrons. The highest BCUT2D eigenvalue weighted by Crippen LogP contribution is 2.33. The van der Waals surface area contributed by atoms with Crippen molar-refractivity contribution in [1.29, 1.82) is 0 Å². The van der Waals surface area contributed by atoms with E-state index in [0.29, 0.717) is 6.04 Å². The molecule has 0 fully saturated rings. The minimum Gasteiger partial charge on any atom is -0.345 e. The molecule has 3 heteroatoms. The maximum absolute atomic E-state index is 13.8. The zero-order valence-corrected chi connectivity index (χ0v) is 11.7. The summed E-state index contributed by atoms with van der Waals surface area (Å²) in [7, 11) is 4.16. The Morgan fingerprint density at radius 1 is 1.42 bits per heavy atom. The summed E-state index contributed by atoms with van der Waals surface area (Å²) in [6.07, 6.45) is 3.02. The van der Waals surface area contributed by atoms with Crippen LogP contribution in [-0.2, 0) is 13.0 Å². The van der Waals surface area contributed by atoms with Gasteiger partial charge in [-0.1, -0.05) is 6.58 Å². The maximum atomic E-state index is 13.8. The van der Waals surface area contributed by atoms with Gasteiger partial charge in [-0.2, -0.15) is 0 Å². The minimum absolute atomic E-state index is 0.151. The quantitative estimate of drug-likeness (QED) is 0.802. The van der Waals surface area contributed by atoms with Crippen LogP contribution in [0.2, 0.25) is 0 Å². The lowest BCUT2D eigenvalue weighted by Crippen LogP contribution is -2.36. The molecular weight excluding hydrogens is 239 g/mol. The lowest BCUT2D eigenvalue weighted by atomic mass is 9.97. The van der Waals surface area contributed by atoms with Crippen molar-refractivity contribution >= 4 is 16.5 Å². The molecule has 0 amide bonds. The van der Waals surface area contributed by atoms with Crippen LogP contribution in [0.25, 0.3) is 16.5 Å². The molecule has 1 atom stereocenters. The van der Waals surface area contributed by atoms with Gasteiger partial charge in [0.2, 0.25) is 0 Å². The van der Waals surface area contributed by atoms with Crippen molar-refractivity contribution in [2.45, 2.75) is 25.9 Å². The van der Waals surface area contributed by atoms with Crippen LogP contribution >= 0.6 is 0 Å². The van der Waals surface area contributed by atoms with Crippen LogP contribution < -0.4 is 0 Å². The molecular formula is C16H19FN2. The molecule has 0 aliphatic carbocycles. The van der Waals surface area contributed by atoms with E-state index in [-0.39, 0.29) is 5.82 Å². The molecule has 0 radical (unpaired) electrons. The largest absolute Gasteiger partial charge is 0.345 e. The summed E-state index contributed by atoms with van der Waals surface area (Å²) in [5.41, 5.74) is 4.34. The number of aromatic nitrogens is 1. The van der Waals surface area contributed by atoms with E-state index in [4.69, 9.17) is 0 Å². The van der Waals surface area contributed by atoms with Crippen LogP contribution in [0.4, 0.5) is 4.39 Å². The van der Waals surface area contributed by atoms with E-state index in [0.717, 1.165) is 35.1 Å². The number of halogens is 1. The smallest absolute Gasteiger partial charge is 0.124 e. The highest BCUT2D eigenvalue weighted by atomic mass is 19.1. The summed E-state index contributed by atoms with van der Waals surface area (Å²) >= 11 is 0. The third kappa shape index (κ3) is 1.89. The van der Waals surface area contributed by atoms with Gasteiger partial charge >= 0.3 is 0 Å². The fourth-order valence-corrected chi connectivity index (χ4v) is 3.02. The zero-order chi connectivity index (χ0) is 13.7. The van der Waals surface area contributed by atoms with E-state index in [1.807, 2.05) is 6.92 Å². The van der Waals surface area contributed by atoms with Crippen LogP contribution in [0, 0.1) is 5.82 Å². The Morgan fingerprint density at radius 3 is 2.79 bits per heavy atom. The van der Waals surface area contributed by atoms with Crippen LogP contribution in [0.15, 0.2) is 24.9 Å². The van der Waals surface area contributed by atoms with E-state index >= 15 is 0 Å². The number of rotatable bonds is 2. The van der Waals surface area contributed by atoms with Crippen LogP contribution in [0.5, 0.6) is 0 Å². The highest BCUT2D eigenvalue weighted by Gasteiger charge is 2.24. The first-order valence-corrected chi connectivity index (χ1v) is 6.61. The predicted molar refractivity (Wildman–Crippen MR) is 77.8 cm³/mol. The van der Waals surface area contributed by atoms with Gasteiger partial charge < -0.3 is 9.47 Å². The molecule has 3 rings (SSSR count). The Bertz CT molecular complexity index is 667. The minimum atomic E-state index is -0.151. The van der Waals surface area contributed by atoms with Crippen LogP contribution in [0.1, 0.15) is 18.1 Å². The predicted octanol–water partition coefficient (Wildman–Crippen LogP) is 3.30. The summed E-state index contributed by atoms with van der Waals surface area (Å²) in [4.78, 5) is 2.21.